The maximum absolute atomic E-state index is 12.2. The molecule has 0 spiro atoms. The third-order valence-electron chi connectivity index (χ3n) is 4.07. The summed E-state index contributed by atoms with van der Waals surface area (Å²) in [5, 5.41) is 8.72. The molecule has 1 heterocycles. The van der Waals surface area contributed by atoms with Gasteiger partial charge < -0.3 is 5.11 Å². The number of nitrogens with zero attached hydrogens (tertiary/aromatic N) is 1. The first-order chi connectivity index (χ1) is 12.0. The molecular formula is C17H22N2O6S. The molecule has 1 aromatic rings. The van der Waals surface area contributed by atoms with E-state index in [0.29, 0.717) is 11.1 Å². The van der Waals surface area contributed by atoms with E-state index in [0.717, 1.165) is 4.90 Å². The molecule has 9 heteroatoms. The monoisotopic (exact) mass is 382 g/mol. The Kier molecular flexibility index (Phi) is 5.82. The molecule has 0 radical (unpaired) electrons. The summed E-state index contributed by atoms with van der Waals surface area (Å²) in [4.78, 5) is 36.1. The fourth-order valence-corrected chi connectivity index (χ4v) is 4.35. The highest BCUT2D eigenvalue weighted by molar-refractivity contribution is 7.89. The minimum atomic E-state index is -3.67. The summed E-state index contributed by atoms with van der Waals surface area (Å²) in [5.41, 5.74) is -0.242. The van der Waals surface area contributed by atoms with E-state index in [1.165, 1.54) is 0 Å². The van der Waals surface area contributed by atoms with Crippen LogP contribution in [0, 0.1) is 0 Å². The van der Waals surface area contributed by atoms with Gasteiger partial charge in [-0.3, -0.25) is 19.3 Å². The summed E-state index contributed by atoms with van der Waals surface area (Å²) in [6, 6.07) is 6.47. The van der Waals surface area contributed by atoms with Crippen LogP contribution in [0.15, 0.2) is 24.3 Å². The molecule has 2 amide bonds. The highest BCUT2D eigenvalue weighted by Crippen LogP contribution is 2.22. The third kappa shape index (κ3) is 4.89. The van der Waals surface area contributed by atoms with Crippen molar-refractivity contribution in [1.82, 2.24) is 9.62 Å². The van der Waals surface area contributed by atoms with E-state index >= 15 is 0 Å². The number of rotatable bonds is 9. The first kappa shape index (κ1) is 20.1. The predicted molar refractivity (Wildman–Crippen MR) is 94.3 cm³/mol. The lowest BCUT2D eigenvalue weighted by Crippen LogP contribution is -2.45. The second-order valence-corrected chi connectivity index (χ2v) is 8.70. The van der Waals surface area contributed by atoms with Crippen LogP contribution in [0.4, 0.5) is 0 Å². The summed E-state index contributed by atoms with van der Waals surface area (Å²) >= 11 is 0. The lowest BCUT2D eigenvalue weighted by Gasteiger charge is -2.25. The van der Waals surface area contributed by atoms with Crippen molar-refractivity contribution in [1.29, 1.82) is 0 Å². The number of amides is 2. The predicted octanol–water partition coefficient (Wildman–Crippen LogP) is 1.24. The minimum Gasteiger partial charge on any atom is -0.481 e. The van der Waals surface area contributed by atoms with Crippen molar-refractivity contribution < 1.29 is 27.9 Å². The van der Waals surface area contributed by atoms with Gasteiger partial charge in [0.15, 0.2) is 0 Å². The highest BCUT2D eigenvalue weighted by atomic mass is 32.2. The molecule has 1 aliphatic heterocycles. The van der Waals surface area contributed by atoms with Crippen molar-refractivity contribution >= 4 is 27.8 Å². The Hall–Kier alpha value is -2.26. The van der Waals surface area contributed by atoms with Gasteiger partial charge in [-0.05, 0) is 38.8 Å². The van der Waals surface area contributed by atoms with Gasteiger partial charge in [-0.1, -0.05) is 12.1 Å². The molecule has 0 fully saturated rings. The molecule has 0 bridgehead atoms. The van der Waals surface area contributed by atoms with Gasteiger partial charge in [-0.25, -0.2) is 13.1 Å². The molecular weight excluding hydrogens is 360 g/mol. The number of carboxylic acid groups (broad SMARTS) is 1. The van der Waals surface area contributed by atoms with Crippen LogP contribution in [-0.4, -0.2) is 54.0 Å². The Labute approximate surface area is 152 Å². The second kappa shape index (κ2) is 7.55. The number of carbonyl (C=O) groups excluding carboxylic acids is 2. The Morgan fingerprint density at radius 1 is 1.15 bits per heavy atom. The van der Waals surface area contributed by atoms with E-state index in [9.17, 15) is 22.8 Å². The Morgan fingerprint density at radius 3 is 2.19 bits per heavy atom. The van der Waals surface area contributed by atoms with Gasteiger partial charge in [-0.15, -0.1) is 0 Å². The van der Waals surface area contributed by atoms with Crippen LogP contribution < -0.4 is 4.72 Å². The number of fused-ring (bicyclic) bond motifs is 1. The highest BCUT2D eigenvalue weighted by Gasteiger charge is 2.35. The van der Waals surface area contributed by atoms with Crippen LogP contribution in [-0.2, 0) is 14.8 Å². The zero-order valence-electron chi connectivity index (χ0n) is 14.7. The molecule has 26 heavy (non-hydrogen) atoms. The summed E-state index contributed by atoms with van der Waals surface area (Å²) in [6.07, 6.45) is 0.0976. The standard InChI is InChI=1S/C17H22N2O6S/c1-17(2,9-8-14(20)21)18-26(24,25)11-5-10-19-15(22)12-6-3-4-7-13(12)16(19)23/h3-4,6-7,18H,5,8-11H2,1-2H3,(H,20,21). The average Bonchev–Trinajstić information content (AvgIpc) is 2.77. The molecule has 0 unspecified atom stereocenters. The normalized spacial score (nSPS) is 14.6. The van der Waals surface area contributed by atoms with Crippen molar-refractivity contribution in [2.45, 2.75) is 38.6 Å². The topological polar surface area (TPSA) is 121 Å². The lowest BCUT2D eigenvalue weighted by atomic mass is 10.0. The van der Waals surface area contributed by atoms with Crippen LogP contribution in [0.1, 0.15) is 53.8 Å². The van der Waals surface area contributed by atoms with E-state index < -0.39 is 33.3 Å². The van der Waals surface area contributed by atoms with Crippen molar-refractivity contribution in [2.24, 2.45) is 0 Å². The molecule has 0 aromatic heterocycles. The van der Waals surface area contributed by atoms with Gasteiger partial charge in [0.2, 0.25) is 10.0 Å². The Bertz CT molecular complexity index is 796. The fraction of sp³-hybridized carbons (Fsp3) is 0.471. The fourth-order valence-electron chi connectivity index (χ4n) is 2.80. The van der Waals surface area contributed by atoms with Crippen LogP contribution in [0.5, 0.6) is 0 Å². The van der Waals surface area contributed by atoms with E-state index in [-0.39, 0.29) is 31.6 Å². The maximum atomic E-state index is 12.2. The van der Waals surface area contributed by atoms with Crippen LogP contribution >= 0.6 is 0 Å². The summed E-state index contributed by atoms with van der Waals surface area (Å²) in [7, 11) is -3.67. The zero-order valence-corrected chi connectivity index (χ0v) is 15.5. The van der Waals surface area contributed by atoms with E-state index in [1.807, 2.05) is 0 Å². The zero-order chi connectivity index (χ0) is 19.5. The number of hydrogen-bond donors (Lipinski definition) is 2. The van der Waals surface area contributed by atoms with E-state index in [1.54, 1.807) is 38.1 Å². The number of aliphatic carboxylic acids is 1. The molecule has 2 rings (SSSR count). The largest absolute Gasteiger partial charge is 0.481 e. The number of nitrogens with one attached hydrogen (secondary N) is 1. The quantitative estimate of drug-likeness (QED) is 0.620. The van der Waals surface area contributed by atoms with Gasteiger partial charge in [0.25, 0.3) is 11.8 Å². The number of carbonyl (C=O) groups is 3. The third-order valence-corrected chi connectivity index (χ3v) is 5.76. The first-order valence-corrected chi connectivity index (χ1v) is 9.86. The Morgan fingerprint density at radius 2 is 1.69 bits per heavy atom. The van der Waals surface area contributed by atoms with Crippen LogP contribution in [0.25, 0.3) is 0 Å². The molecule has 0 atom stereocenters. The van der Waals surface area contributed by atoms with E-state index in [4.69, 9.17) is 5.11 Å². The average molecular weight is 382 g/mol. The summed E-state index contributed by atoms with van der Waals surface area (Å²) in [5.74, 6) is -2.10. The number of benzene rings is 1. The molecule has 142 valence electrons. The molecule has 8 nitrogen and oxygen atoms in total. The van der Waals surface area contributed by atoms with Crippen molar-refractivity contribution in [2.75, 3.05) is 12.3 Å². The van der Waals surface area contributed by atoms with Crippen molar-refractivity contribution in [3.8, 4) is 0 Å². The summed E-state index contributed by atoms with van der Waals surface area (Å²) in [6.45, 7) is 3.22. The minimum absolute atomic E-state index is 0.00279. The number of imide groups is 1. The van der Waals surface area contributed by atoms with Gasteiger partial charge in [0.05, 0.1) is 16.9 Å². The maximum Gasteiger partial charge on any atom is 0.303 e. The van der Waals surface area contributed by atoms with Gasteiger partial charge >= 0.3 is 5.97 Å². The number of carboxylic acids is 1. The van der Waals surface area contributed by atoms with E-state index in [2.05, 4.69) is 4.72 Å². The molecule has 2 N–H and O–H groups in total. The number of hydrogen-bond acceptors (Lipinski definition) is 5. The SMILES string of the molecule is CC(C)(CCC(=O)O)NS(=O)(=O)CCCN1C(=O)c2ccccc2C1=O. The van der Waals surface area contributed by atoms with Gasteiger partial charge in [0, 0.05) is 18.5 Å². The van der Waals surface area contributed by atoms with Crippen molar-refractivity contribution in [3.05, 3.63) is 35.4 Å². The lowest BCUT2D eigenvalue weighted by molar-refractivity contribution is -0.137. The summed E-state index contributed by atoms with van der Waals surface area (Å²) < 4.78 is 26.9. The van der Waals surface area contributed by atoms with Crippen LogP contribution in [0.3, 0.4) is 0 Å². The smallest absolute Gasteiger partial charge is 0.303 e. The molecule has 1 aliphatic rings. The second-order valence-electron chi connectivity index (χ2n) is 6.86. The molecule has 0 saturated carbocycles. The first-order valence-electron chi connectivity index (χ1n) is 8.21. The van der Waals surface area contributed by atoms with Gasteiger partial charge in [-0.2, -0.15) is 0 Å². The van der Waals surface area contributed by atoms with Crippen molar-refractivity contribution in [3.63, 3.8) is 0 Å². The van der Waals surface area contributed by atoms with Crippen LogP contribution in [0.2, 0.25) is 0 Å². The van der Waals surface area contributed by atoms with Gasteiger partial charge in [0.1, 0.15) is 0 Å². The number of sulfonamides is 1. The molecule has 0 saturated heterocycles. The molecule has 0 aliphatic carbocycles. The Balaban J connectivity index is 1.90. The molecule has 1 aromatic carbocycles.